The number of fused-ring (bicyclic) bond motifs is 1. The summed E-state index contributed by atoms with van der Waals surface area (Å²) in [5.41, 5.74) is 2.15. The first-order valence-electron chi connectivity index (χ1n) is 9.73. The predicted molar refractivity (Wildman–Crippen MR) is 125 cm³/mol. The van der Waals surface area contributed by atoms with Crippen LogP contribution >= 0.6 is 23.2 Å². The number of aromatic nitrogens is 2. The highest BCUT2D eigenvalue weighted by atomic mass is 35.5. The fourth-order valence-corrected chi connectivity index (χ4v) is 4.09. The Morgan fingerprint density at radius 2 is 1.88 bits per heavy atom. The molecule has 166 valence electrons. The van der Waals surface area contributed by atoms with Crippen LogP contribution in [0, 0.1) is 0 Å². The van der Waals surface area contributed by atoms with E-state index < -0.39 is 0 Å². The van der Waals surface area contributed by atoms with Gasteiger partial charge in [-0.05, 0) is 24.3 Å². The molecule has 3 aromatic rings. The molecule has 0 atom stereocenters. The molecule has 2 aromatic carbocycles. The van der Waals surface area contributed by atoms with Gasteiger partial charge in [-0.15, -0.1) is 0 Å². The van der Waals surface area contributed by atoms with Crippen LogP contribution in [0.5, 0.6) is 11.5 Å². The second-order valence-electron chi connectivity index (χ2n) is 7.07. The van der Waals surface area contributed by atoms with Crippen molar-refractivity contribution in [2.24, 2.45) is 0 Å². The van der Waals surface area contributed by atoms with Gasteiger partial charge in [-0.1, -0.05) is 29.3 Å². The minimum absolute atomic E-state index is 0.258. The van der Waals surface area contributed by atoms with E-state index in [0.717, 1.165) is 11.1 Å². The van der Waals surface area contributed by atoms with Gasteiger partial charge in [0.1, 0.15) is 17.3 Å². The third kappa shape index (κ3) is 4.11. The Hall–Kier alpha value is -3.23. The van der Waals surface area contributed by atoms with Crippen molar-refractivity contribution in [1.29, 1.82) is 0 Å². The molecule has 0 spiro atoms. The van der Waals surface area contributed by atoms with E-state index in [4.69, 9.17) is 32.7 Å². The van der Waals surface area contributed by atoms with Gasteiger partial charge in [-0.25, -0.2) is 9.78 Å². The molecule has 2 heterocycles. The van der Waals surface area contributed by atoms with Crippen LogP contribution in [0.15, 0.2) is 42.6 Å². The van der Waals surface area contributed by atoms with Gasteiger partial charge in [0.15, 0.2) is 0 Å². The van der Waals surface area contributed by atoms with E-state index in [0.29, 0.717) is 45.5 Å². The van der Waals surface area contributed by atoms with Gasteiger partial charge in [0, 0.05) is 37.0 Å². The highest BCUT2D eigenvalue weighted by Gasteiger charge is 2.32. The molecular weight excluding hydrogens is 453 g/mol. The Morgan fingerprint density at radius 3 is 2.56 bits per heavy atom. The monoisotopic (exact) mass is 473 g/mol. The molecule has 2 amide bonds. The summed E-state index contributed by atoms with van der Waals surface area (Å²) in [6.45, 7) is 0.694. The largest absolute Gasteiger partial charge is 0.497 e. The highest BCUT2D eigenvalue weighted by Crippen LogP contribution is 2.38. The lowest BCUT2D eigenvalue weighted by atomic mass is 10.2. The molecule has 0 unspecified atom stereocenters. The Balaban J connectivity index is 1.57. The van der Waals surface area contributed by atoms with Crippen molar-refractivity contribution in [1.82, 2.24) is 9.97 Å². The molecular formula is C22H21Cl2N5O3. The predicted octanol–water partition coefficient (Wildman–Crippen LogP) is 4.99. The van der Waals surface area contributed by atoms with E-state index in [1.165, 1.54) is 9.80 Å². The van der Waals surface area contributed by atoms with Crippen LogP contribution in [-0.4, -0.2) is 37.3 Å². The number of nitrogens with zero attached hydrogens (tertiary/aromatic N) is 4. The zero-order valence-corrected chi connectivity index (χ0v) is 19.2. The van der Waals surface area contributed by atoms with Gasteiger partial charge in [-0.2, -0.15) is 4.98 Å². The van der Waals surface area contributed by atoms with Crippen LogP contribution in [0.25, 0.3) is 0 Å². The average Bonchev–Trinajstić information content (AvgIpc) is 2.80. The molecule has 4 rings (SSSR count). The van der Waals surface area contributed by atoms with Crippen molar-refractivity contribution in [3.8, 4) is 11.5 Å². The number of carbonyl (C=O) groups excluding carboxylic acids is 1. The number of para-hydroxylation sites is 1. The van der Waals surface area contributed by atoms with E-state index in [-0.39, 0.29) is 12.6 Å². The maximum Gasteiger partial charge on any atom is 0.330 e. The minimum Gasteiger partial charge on any atom is -0.497 e. The van der Waals surface area contributed by atoms with Crippen molar-refractivity contribution in [2.75, 3.05) is 36.4 Å². The SMILES string of the molecule is COc1ccc(CNc2ncc3c(n2)N(C)C(=O)N(c2c(Cl)cccc2Cl)C3)c(OC)c1. The van der Waals surface area contributed by atoms with E-state index >= 15 is 0 Å². The molecule has 32 heavy (non-hydrogen) atoms. The first-order chi connectivity index (χ1) is 15.4. The number of amides is 2. The molecule has 0 saturated heterocycles. The van der Waals surface area contributed by atoms with Crippen molar-refractivity contribution in [3.05, 3.63) is 63.8 Å². The third-order valence-electron chi connectivity index (χ3n) is 5.14. The van der Waals surface area contributed by atoms with Crippen molar-refractivity contribution in [2.45, 2.75) is 13.1 Å². The number of urea groups is 1. The van der Waals surface area contributed by atoms with E-state index in [1.807, 2.05) is 18.2 Å². The maximum absolute atomic E-state index is 13.1. The van der Waals surface area contributed by atoms with Crippen molar-refractivity contribution >= 4 is 46.7 Å². The minimum atomic E-state index is -0.283. The van der Waals surface area contributed by atoms with Crippen LogP contribution in [0.3, 0.4) is 0 Å². The van der Waals surface area contributed by atoms with Crippen LogP contribution in [-0.2, 0) is 13.1 Å². The number of anilines is 3. The molecule has 0 radical (unpaired) electrons. The van der Waals surface area contributed by atoms with Gasteiger partial charge < -0.3 is 14.8 Å². The van der Waals surface area contributed by atoms with Gasteiger partial charge in [0.2, 0.25) is 5.95 Å². The second kappa shape index (κ2) is 9.10. The van der Waals surface area contributed by atoms with Gasteiger partial charge in [0.05, 0.1) is 36.5 Å². The first-order valence-corrected chi connectivity index (χ1v) is 10.5. The Kier molecular flexibility index (Phi) is 6.25. The number of benzene rings is 2. The van der Waals surface area contributed by atoms with Gasteiger partial charge in [-0.3, -0.25) is 9.80 Å². The molecule has 0 fully saturated rings. The van der Waals surface area contributed by atoms with E-state index in [2.05, 4.69) is 15.3 Å². The summed E-state index contributed by atoms with van der Waals surface area (Å²) in [7, 11) is 4.86. The third-order valence-corrected chi connectivity index (χ3v) is 5.75. The molecule has 1 aromatic heterocycles. The standard InChI is InChI=1S/C22H21Cl2N5O3/c1-28-20-14(12-29(22(28)30)19-16(23)5-4-6-17(19)24)11-26-21(27-20)25-10-13-7-8-15(31-2)9-18(13)32-3/h4-9,11H,10,12H2,1-3H3,(H,25,26,27). The van der Waals surface area contributed by atoms with E-state index in [9.17, 15) is 4.79 Å². The molecule has 0 bridgehead atoms. The maximum atomic E-state index is 13.1. The lowest BCUT2D eigenvalue weighted by Crippen LogP contribution is -2.46. The van der Waals surface area contributed by atoms with Crippen molar-refractivity contribution in [3.63, 3.8) is 0 Å². The smallest absolute Gasteiger partial charge is 0.330 e. The number of hydrogen-bond acceptors (Lipinski definition) is 6. The number of halogens is 2. The lowest BCUT2D eigenvalue weighted by molar-refractivity contribution is 0.251. The number of rotatable bonds is 6. The van der Waals surface area contributed by atoms with Crippen molar-refractivity contribution < 1.29 is 14.3 Å². The molecule has 0 aliphatic carbocycles. The Labute approximate surface area is 195 Å². The van der Waals surface area contributed by atoms with Gasteiger partial charge in [0.25, 0.3) is 0 Å². The normalized spacial score (nSPS) is 13.1. The summed E-state index contributed by atoms with van der Waals surface area (Å²) in [5.74, 6) is 2.31. The fraction of sp³-hybridized carbons (Fsp3) is 0.227. The summed E-state index contributed by atoms with van der Waals surface area (Å²) >= 11 is 12.6. The molecule has 1 N–H and O–H groups in total. The zero-order valence-electron chi connectivity index (χ0n) is 17.7. The summed E-state index contributed by atoms with van der Waals surface area (Å²) in [4.78, 5) is 25.0. The van der Waals surface area contributed by atoms with Crippen LogP contribution in [0.4, 0.5) is 22.2 Å². The van der Waals surface area contributed by atoms with Crippen LogP contribution in [0.1, 0.15) is 11.1 Å². The summed E-state index contributed by atoms with van der Waals surface area (Å²) < 4.78 is 10.7. The number of nitrogens with one attached hydrogen (secondary N) is 1. The summed E-state index contributed by atoms with van der Waals surface area (Å²) in [5, 5.41) is 3.98. The quantitative estimate of drug-likeness (QED) is 0.543. The summed E-state index contributed by atoms with van der Waals surface area (Å²) in [6.07, 6.45) is 1.69. The number of ether oxygens (including phenoxy) is 2. The fourth-order valence-electron chi connectivity index (χ4n) is 3.49. The Morgan fingerprint density at radius 1 is 1.12 bits per heavy atom. The van der Waals surface area contributed by atoms with Crippen LogP contribution < -0.4 is 24.6 Å². The van der Waals surface area contributed by atoms with Gasteiger partial charge >= 0.3 is 6.03 Å². The average molecular weight is 474 g/mol. The Bertz CT molecular complexity index is 1150. The zero-order chi connectivity index (χ0) is 22.8. The number of hydrogen-bond donors (Lipinski definition) is 1. The second-order valence-corrected chi connectivity index (χ2v) is 7.89. The molecule has 1 aliphatic heterocycles. The molecule has 8 nitrogen and oxygen atoms in total. The molecule has 0 saturated carbocycles. The van der Waals surface area contributed by atoms with E-state index in [1.54, 1.807) is 45.7 Å². The number of methoxy groups -OCH3 is 2. The highest BCUT2D eigenvalue weighted by molar-refractivity contribution is 6.40. The topological polar surface area (TPSA) is 79.8 Å². The first kappa shape index (κ1) is 22.0. The lowest BCUT2D eigenvalue weighted by Gasteiger charge is -2.34. The molecule has 10 heteroatoms. The van der Waals surface area contributed by atoms with Crippen LogP contribution in [0.2, 0.25) is 10.0 Å². The molecule has 1 aliphatic rings. The number of carbonyl (C=O) groups is 1. The summed E-state index contributed by atoms with van der Waals surface area (Å²) in [6, 6.07) is 10.4.